The third-order valence-electron chi connectivity index (χ3n) is 4.59. The number of benzene rings is 1. The van der Waals surface area contributed by atoms with E-state index in [-0.39, 0.29) is 17.8 Å². The SMILES string of the molecule is Cc1cc(-c2nnc(NC(=O)c3ccc4c(c3)CCCC4)o2)nn1C. The molecular formula is C18H19N5O2. The predicted molar refractivity (Wildman–Crippen MR) is 92.3 cm³/mol. The molecule has 128 valence electrons. The topological polar surface area (TPSA) is 85.8 Å². The first-order chi connectivity index (χ1) is 12.1. The lowest BCUT2D eigenvalue weighted by atomic mass is 9.90. The van der Waals surface area contributed by atoms with Crippen molar-refractivity contribution in [3.05, 3.63) is 46.6 Å². The van der Waals surface area contributed by atoms with Crippen molar-refractivity contribution in [1.82, 2.24) is 20.0 Å². The summed E-state index contributed by atoms with van der Waals surface area (Å²) in [5.41, 5.74) is 4.77. The van der Waals surface area contributed by atoms with Crippen molar-refractivity contribution in [3.63, 3.8) is 0 Å². The average molecular weight is 337 g/mol. The summed E-state index contributed by atoms with van der Waals surface area (Å²) in [4.78, 5) is 12.4. The molecule has 2 aromatic heterocycles. The largest absolute Gasteiger partial charge is 0.401 e. The Kier molecular flexibility index (Phi) is 3.83. The number of hydrogen-bond acceptors (Lipinski definition) is 5. The number of carbonyl (C=O) groups excluding carboxylic acids is 1. The number of anilines is 1. The van der Waals surface area contributed by atoms with Gasteiger partial charge in [0.05, 0.1) is 0 Å². The van der Waals surface area contributed by atoms with Crippen LogP contribution >= 0.6 is 0 Å². The monoisotopic (exact) mass is 337 g/mol. The van der Waals surface area contributed by atoms with Gasteiger partial charge in [-0.2, -0.15) is 5.10 Å². The molecule has 0 atom stereocenters. The van der Waals surface area contributed by atoms with Gasteiger partial charge in [0.1, 0.15) is 5.69 Å². The Balaban J connectivity index is 1.51. The summed E-state index contributed by atoms with van der Waals surface area (Å²) in [7, 11) is 1.84. The highest BCUT2D eigenvalue weighted by Crippen LogP contribution is 2.23. The fourth-order valence-corrected chi connectivity index (χ4v) is 3.09. The number of amides is 1. The van der Waals surface area contributed by atoms with E-state index < -0.39 is 0 Å². The van der Waals surface area contributed by atoms with Crippen LogP contribution in [0.5, 0.6) is 0 Å². The minimum absolute atomic E-state index is 0.0704. The summed E-state index contributed by atoms with van der Waals surface area (Å²) in [6.07, 6.45) is 4.51. The van der Waals surface area contributed by atoms with Crippen LogP contribution < -0.4 is 5.32 Å². The fraction of sp³-hybridized carbons (Fsp3) is 0.333. The molecule has 2 heterocycles. The van der Waals surface area contributed by atoms with Gasteiger partial charge in [0.2, 0.25) is 0 Å². The molecule has 7 nitrogen and oxygen atoms in total. The van der Waals surface area contributed by atoms with Crippen LogP contribution in [0.25, 0.3) is 11.6 Å². The molecule has 0 saturated heterocycles. The van der Waals surface area contributed by atoms with Gasteiger partial charge in [-0.1, -0.05) is 11.2 Å². The molecule has 1 aliphatic carbocycles. The molecule has 0 spiro atoms. The van der Waals surface area contributed by atoms with E-state index in [2.05, 4.69) is 20.6 Å². The lowest BCUT2D eigenvalue weighted by Gasteiger charge is -2.16. The zero-order chi connectivity index (χ0) is 17.4. The lowest BCUT2D eigenvalue weighted by molar-refractivity contribution is 0.102. The van der Waals surface area contributed by atoms with Gasteiger partial charge in [-0.15, -0.1) is 5.10 Å². The molecule has 1 N–H and O–H groups in total. The van der Waals surface area contributed by atoms with Gasteiger partial charge < -0.3 is 4.42 Å². The maximum Gasteiger partial charge on any atom is 0.322 e. The third-order valence-corrected chi connectivity index (χ3v) is 4.59. The maximum absolute atomic E-state index is 12.4. The maximum atomic E-state index is 12.4. The Morgan fingerprint density at radius 3 is 2.72 bits per heavy atom. The average Bonchev–Trinajstić information content (AvgIpc) is 3.21. The van der Waals surface area contributed by atoms with Crippen molar-refractivity contribution in [2.24, 2.45) is 7.05 Å². The molecule has 1 aliphatic rings. The molecule has 0 unspecified atom stereocenters. The quantitative estimate of drug-likeness (QED) is 0.794. The first kappa shape index (κ1) is 15.6. The Bertz CT molecular complexity index is 921. The smallest absolute Gasteiger partial charge is 0.322 e. The Morgan fingerprint density at radius 2 is 1.96 bits per heavy atom. The molecule has 0 fully saturated rings. The summed E-state index contributed by atoms with van der Waals surface area (Å²) >= 11 is 0. The molecule has 1 aromatic carbocycles. The molecule has 4 rings (SSSR count). The van der Waals surface area contributed by atoms with Crippen LogP contribution in [0.15, 0.2) is 28.7 Å². The van der Waals surface area contributed by atoms with Crippen LogP contribution in [0, 0.1) is 6.92 Å². The number of aromatic nitrogens is 4. The Labute approximate surface area is 145 Å². The van der Waals surface area contributed by atoms with Crippen LogP contribution in [0.4, 0.5) is 6.01 Å². The van der Waals surface area contributed by atoms with Gasteiger partial charge >= 0.3 is 6.01 Å². The highest BCUT2D eigenvalue weighted by atomic mass is 16.4. The van der Waals surface area contributed by atoms with Gasteiger partial charge in [0.15, 0.2) is 0 Å². The van der Waals surface area contributed by atoms with Crippen LogP contribution in [-0.4, -0.2) is 25.9 Å². The van der Waals surface area contributed by atoms with Crippen LogP contribution in [0.1, 0.15) is 40.0 Å². The van der Waals surface area contributed by atoms with Gasteiger partial charge in [-0.05, 0) is 61.9 Å². The number of rotatable bonds is 3. The van der Waals surface area contributed by atoms with E-state index in [1.165, 1.54) is 24.0 Å². The van der Waals surface area contributed by atoms with Crippen LogP contribution in [0.3, 0.4) is 0 Å². The van der Waals surface area contributed by atoms with Crippen molar-refractivity contribution in [2.75, 3.05) is 5.32 Å². The standard InChI is InChI=1S/C18H19N5O2/c1-11-9-15(22-23(11)2)17-20-21-18(25-17)19-16(24)14-8-7-12-5-3-4-6-13(12)10-14/h7-10H,3-6H2,1-2H3,(H,19,21,24). The van der Waals surface area contributed by atoms with Gasteiger partial charge in [0, 0.05) is 18.3 Å². The van der Waals surface area contributed by atoms with E-state index in [1.54, 1.807) is 4.68 Å². The first-order valence-electron chi connectivity index (χ1n) is 8.38. The van der Waals surface area contributed by atoms with E-state index in [0.717, 1.165) is 18.5 Å². The molecule has 0 saturated carbocycles. The van der Waals surface area contributed by atoms with E-state index >= 15 is 0 Å². The summed E-state index contributed by atoms with van der Waals surface area (Å²) in [5.74, 6) is 0.0326. The van der Waals surface area contributed by atoms with Gasteiger partial charge in [0.25, 0.3) is 11.8 Å². The van der Waals surface area contributed by atoms with Gasteiger partial charge in [-0.3, -0.25) is 14.8 Å². The zero-order valence-corrected chi connectivity index (χ0v) is 14.2. The molecule has 1 amide bonds. The van der Waals surface area contributed by atoms with Gasteiger partial charge in [-0.25, -0.2) is 0 Å². The molecule has 0 aliphatic heterocycles. The van der Waals surface area contributed by atoms with Crippen molar-refractivity contribution >= 4 is 11.9 Å². The second kappa shape index (κ2) is 6.16. The number of carbonyl (C=O) groups is 1. The van der Waals surface area contributed by atoms with Crippen molar-refractivity contribution in [1.29, 1.82) is 0 Å². The van der Waals surface area contributed by atoms with Crippen LogP contribution in [0.2, 0.25) is 0 Å². The summed E-state index contributed by atoms with van der Waals surface area (Å²) < 4.78 is 7.24. The van der Waals surface area contributed by atoms with E-state index in [4.69, 9.17) is 4.42 Å². The number of nitrogens with zero attached hydrogens (tertiary/aromatic N) is 4. The molecule has 3 aromatic rings. The second-order valence-corrected chi connectivity index (χ2v) is 6.35. The third kappa shape index (κ3) is 3.05. The van der Waals surface area contributed by atoms with Crippen molar-refractivity contribution in [3.8, 4) is 11.6 Å². The lowest BCUT2D eigenvalue weighted by Crippen LogP contribution is -2.13. The number of fused-ring (bicyclic) bond motifs is 1. The van der Waals surface area contributed by atoms with E-state index in [0.29, 0.717) is 11.3 Å². The highest BCUT2D eigenvalue weighted by molar-refractivity contribution is 6.03. The second-order valence-electron chi connectivity index (χ2n) is 6.35. The molecule has 25 heavy (non-hydrogen) atoms. The number of nitrogens with one attached hydrogen (secondary N) is 1. The summed E-state index contributed by atoms with van der Waals surface area (Å²) in [6.45, 7) is 1.94. The fourth-order valence-electron chi connectivity index (χ4n) is 3.09. The number of hydrogen-bond donors (Lipinski definition) is 1. The first-order valence-corrected chi connectivity index (χ1v) is 8.38. The predicted octanol–water partition coefficient (Wildman–Crippen LogP) is 2.91. The highest BCUT2D eigenvalue weighted by Gasteiger charge is 2.17. The Morgan fingerprint density at radius 1 is 1.16 bits per heavy atom. The van der Waals surface area contributed by atoms with Crippen LogP contribution in [-0.2, 0) is 19.9 Å². The Hall–Kier alpha value is -2.96. The molecule has 0 radical (unpaired) electrons. The normalized spacial score (nSPS) is 13.5. The summed E-state index contributed by atoms with van der Waals surface area (Å²) in [6, 6.07) is 7.77. The van der Waals surface area contributed by atoms with Crippen molar-refractivity contribution < 1.29 is 9.21 Å². The molecule has 7 heteroatoms. The zero-order valence-electron chi connectivity index (χ0n) is 14.2. The molecule has 0 bridgehead atoms. The molecular weight excluding hydrogens is 318 g/mol. The van der Waals surface area contributed by atoms with E-state index in [1.807, 2.05) is 38.2 Å². The minimum atomic E-state index is -0.249. The minimum Gasteiger partial charge on any atom is -0.401 e. The summed E-state index contributed by atoms with van der Waals surface area (Å²) in [5, 5.41) is 14.8. The van der Waals surface area contributed by atoms with Crippen molar-refractivity contribution in [2.45, 2.75) is 32.6 Å². The number of aryl methyl sites for hydroxylation is 4. The van der Waals surface area contributed by atoms with E-state index in [9.17, 15) is 4.79 Å².